The van der Waals surface area contributed by atoms with Gasteiger partial charge >= 0.3 is 5.97 Å². The highest BCUT2D eigenvalue weighted by Gasteiger charge is 2.30. The van der Waals surface area contributed by atoms with Gasteiger partial charge in [0.15, 0.2) is 0 Å². The molecular formula is C16H21NO2. The lowest BCUT2D eigenvalue weighted by atomic mass is 10.1. The first-order valence-corrected chi connectivity index (χ1v) is 6.82. The zero-order valence-corrected chi connectivity index (χ0v) is 11.5. The van der Waals surface area contributed by atoms with Gasteiger partial charge in [-0.15, -0.1) is 0 Å². The van der Waals surface area contributed by atoms with E-state index in [1.165, 1.54) is 24.5 Å². The number of nitrogens with zero attached hydrogens (tertiary/aromatic N) is 1. The van der Waals surface area contributed by atoms with Crippen LogP contribution in [0.1, 0.15) is 37.8 Å². The van der Waals surface area contributed by atoms with Crippen LogP contribution in [0.15, 0.2) is 30.3 Å². The van der Waals surface area contributed by atoms with E-state index in [0.29, 0.717) is 6.04 Å². The van der Waals surface area contributed by atoms with Crippen molar-refractivity contribution in [3.8, 4) is 0 Å². The average Bonchev–Trinajstić information content (AvgIpc) is 3.18. The van der Waals surface area contributed by atoms with Gasteiger partial charge < -0.3 is 5.11 Å². The molecule has 0 aliphatic heterocycles. The lowest BCUT2D eigenvalue weighted by molar-refractivity contribution is -0.131. The molecule has 1 saturated carbocycles. The van der Waals surface area contributed by atoms with Crippen molar-refractivity contribution in [3.05, 3.63) is 41.5 Å². The molecule has 0 aromatic heterocycles. The summed E-state index contributed by atoms with van der Waals surface area (Å²) in [6.45, 7) is 5.45. The van der Waals surface area contributed by atoms with E-state index in [2.05, 4.69) is 30.9 Å². The van der Waals surface area contributed by atoms with E-state index in [1.54, 1.807) is 6.08 Å². The highest BCUT2D eigenvalue weighted by molar-refractivity contribution is 5.85. The van der Waals surface area contributed by atoms with E-state index >= 15 is 0 Å². The van der Waals surface area contributed by atoms with Crippen molar-refractivity contribution in [1.82, 2.24) is 4.90 Å². The molecule has 19 heavy (non-hydrogen) atoms. The fourth-order valence-electron chi connectivity index (χ4n) is 2.25. The number of hydrogen-bond donors (Lipinski definition) is 1. The van der Waals surface area contributed by atoms with E-state index in [0.717, 1.165) is 18.2 Å². The minimum absolute atomic E-state index is 0.569. The summed E-state index contributed by atoms with van der Waals surface area (Å²) in [5, 5.41) is 8.58. The van der Waals surface area contributed by atoms with Crippen LogP contribution in [0.3, 0.4) is 0 Å². The number of aliphatic carboxylic acids is 1. The molecular weight excluding hydrogens is 238 g/mol. The maximum Gasteiger partial charge on any atom is 0.328 e. The Morgan fingerprint density at radius 1 is 1.37 bits per heavy atom. The van der Waals surface area contributed by atoms with Crippen LogP contribution >= 0.6 is 0 Å². The minimum Gasteiger partial charge on any atom is -0.478 e. The van der Waals surface area contributed by atoms with Gasteiger partial charge in [-0.25, -0.2) is 4.79 Å². The van der Waals surface area contributed by atoms with Crippen LogP contribution in [0, 0.1) is 0 Å². The van der Waals surface area contributed by atoms with Gasteiger partial charge in [0.05, 0.1) is 0 Å². The standard InChI is InChI=1S/C16H21NO2/c1-12(2)17(15-8-9-15)11-14-5-3-13(4-6-14)7-10-16(18)19/h3-7,10,12,15H,8-9,11H2,1-2H3,(H,18,19)/b10-7+. The van der Waals surface area contributed by atoms with Gasteiger partial charge in [0.1, 0.15) is 0 Å². The van der Waals surface area contributed by atoms with Crippen LogP contribution < -0.4 is 0 Å². The first kappa shape index (κ1) is 13.8. The molecule has 0 radical (unpaired) electrons. The van der Waals surface area contributed by atoms with Crippen molar-refractivity contribution >= 4 is 12.0 Å². The summed E-state index contributed by atoms with van der Waals surface area (Å²) in [7, 11) is 0. The number of rotatable bonds is 6. The number of hydrogen-bond acceptors (Lipinski definition) is 2. The SMILES string of the molecule is CC(C)N(Cc1ccc(/C=C/C(=O)O)cc1)C1CC1. The molecule has 0 amide bonds. The Labute approximate surface area is 114 Å². The largest absolute Gasteiger partial charge is 0.478 e. The molecule has 1 aliphatic rings. The van der Waals surface area contributed by atoms with Crippen molar-refractivity contribution in [2.75, 3.05) is 0 Å². The minimum atomic E-state index is -0.913. The summed E-state index contributed by atoms with van der Waals surface area (Å²) >= 11 is 0. The maximum atomic E-state index is 10.4. The van der Waals surface area contributed by atoms with Gasteiger partial charge in [-0.1, -0.05) is 24.3 Å². The Bertz CT molecular complexity index is 456. The molecule has 0 saturated heterocycles. The summed E-state index contributed by atoms with van der Waals surface area (Å²) in [4.78, 5) is 13.0. The summed E-state index contributed by atoms with van der Waals surface area (Å²) in [6.07, 6.45) is 5.42. The van der Waals surface area contributed by atoms with Gasteiger partial charge in [-0.3, -0.25) is 4.90 Å². The van der Waals surface area contributed by atoms with Gasteiger partial charge in [-0.05, 0) is 43.9 Å². The molecule has 0 heterocycles. The van der Waals surface area contributed by atoms with Crippen LogP contribution in [0.2, 0.25) is 0 Å². The molecule has 3 nitrogen and oxygen atoms in total. The second-order valence-electron chi connectivity index (χ2n) is 5.41. The Hall–Kier alpha value is -1.61. The Kier molecular flexibility index (Phi) is 4.38. The van der Waals surface area contributed by atoms with Crippen molar-refractivity contribution < 1.29 is 9.90 Å². The van der Waals surface area contributed by atoms with Crippen LogP contribution in [0.5, 0.6) is 0 Å². The fourth-order valence-corrected chi connectivity index (χ4v) is 2.25. The quantitative estimate of drug-likeness (QED) is 0.798. The first-order valence-electron chi connectivity index (χ1n) is 6.82. The topological polar surface area (TPSA) is 40.5 Å². The molecule has 2 rings (SSSR count). The monoisotopic (exact) mass is 259 g/mol. The van der Waals surface area contributed by atoms with Crippen molar-refractivity contribution in [3.63, 3.8) is 0 Å². The second kappa shape index (κ2) is 6.02. The van der Waals surface area contributed by atoms with Crippen LogP contribution in [0.25, 0.3) is 6.08 Å². The summed E-state index contributed by atoms with van der Waals surface area (Å²) < 4.78 is 0. The molecule has 1 aliphatic carbocycles. The third-order valence-electron chi connectivity index (χ3n) is 3.44. The number of carboxylic acids is 1. The predicted octanol–water partition coefficient (Wildman–Crippen LogP) is 3.16. The summed E-state index contributed by atoms with van der Waals surface area (Å²) in [6, 6.07) is 9.43. The maximum absolute atomic E-state index is 10.4. The smallest absolute Gasteiger partial charge is 0.328 e. The Morgan fingerprint density at radius 2 is 2.00 bits per heavy atom. The zero-order chi connectivity index (χ0) is 13.8. The van der Waals surface area contributed by atoms with E-state index in [-0.39, 0.29) is 0 Å². The number of benzene rings is 1. The van der Waals surface area contributed by atoms with Gasteiger partial charge in [-0.2, -0.15) is 0 Å². The molecule has 0 bridgehead atoms. The van der Waals surface area contributed by atoms with Crippen LogP contribution in [-0.2, 0) is 11.3 Å². The highest BCUT2D eigenvalue weighted by atomic mass is 16.4. The molecule has 1 N–H and O–H groups in total. The lowest BCUT2D eigenvalue weighted by Crippen LogP contribution is -2.32. The highest BCUT2D eigenvalue weighted by Crippen LogP contribution is 2.30. The van der Waals surface area contributed by atoms with Crippen LogP contribution in [-0.4, -0.2) is 28.1 Å². The Morgan fingerprint density at radius 3 is 2.47 bits per heavy atom. The first-order chi connectivity index (χ1) is 9.06. The molecule has 1 fully saturated rings. The van der Waals surface area contributed by atoms with E-state index in [4.69, 9.17) is 5.11 Å². The molecule has 0 atom stereocenters. The van der Waals surface area contributed by atoms with Crippen molar-refractivity contribution in [2.24, 2.45) is 0 Å². The van der Waals surface area contributed by atoms with E-state index in [9.17, 15) is 4.79 Å². The van der Waals surface area contributed by atoms with E-state index in [1.807, 2.05) is 12.1 Å². The average molecular weight is 259 g/mol. The zero-order valence-electron chi connectivity index (χ0n) is 11.5. The Balaban J connectivity index is 1.99. The fraction of sp³-hybridized carbons (Fsp3) is 0.438. The molecule has 3 heteroatoms. The summed E-state index contributed by atoms with van der Waals surface area (Å²) in [5.41, 5.74) is 2.21. The molecule has 0 unspecified atom stereocenters. The number of carbonyl (C=O) groups is 1. The van der Waals surface area contributed by atoms with Crippen molar-refractivity contribution in [1.29, 1.82) is 0 Å². The van der Waals surface area contributed by atoms with Gasteiger partial charge in [0.25, 0.3) is 0 Å². The van der Waals surface area contributed by atoms with Gasteiger partial charge in [0, 0.05) is 24.7 Å². The van der Waals surface area contributed by atoms with Crippen molar-refractivity contribution in [2.45, 2.75) is 45.3 Å². The summed E-state index contributed by atoms with van der Waals surface area (Å²) in [5.74, 6) is -0.913. The molecule has 102 valence electrons. The third-order valence-corrected chi connectivity index (χ3v) is 3.44. The normalized spacial score (nSPS) is 15.6. The van der Waals surface area contributed by atoms with E-state index < -0.39 is 5.97 Å². The van der Waals surface area contributed by atoms with Crippen LogP contribution in [0.4, 0.5) is 0 Å². The van der Waals surface area contributed by atoms with Gasteiger partial charge in [0.2, 0.25) is 0 Å². The second-order valence-corrected chi connectivity index (χ2v) is 5.41. The lowest BCUT2D eigenvalue weighted by Gasteiger charge is -2.26. The molecule has 1 aromatic carbocycles. The predicted molar refractivity (Wildman–Crippen MR) is 76.8 cm³/mol. The third kappa shape index (κ3) is 4.21. The number of carboxylic acid groups (broad SMARTS) is 1. The molecule has 0 spiro atoms. The molecule has 1 aromatic rings.